The third kappa shape index (κ3) is 2.82. The number of benzene rings is 1. The van der Waals surface area contributed by atoms with Gasteiger partial charge in [-0.1, -0.05) is 12.1 Å². The molecule has 0 fully saturated rings. The second kappa shape index (κ2) is 5.63. The van der Waals surface area contributed by atoms with Crippen LogP contribution in [0.2, 0.25) is 0 Å². The SMILES string of the molecule is C[C@@H](NC[C@H]1CNc2ccnn2C1)c1ccc(F)cc1. The van der Waals surface area contributed by atoms with Crippen molar-refractivity contribution in [1.29, 1.82) is 0 Å². The molecular weight excluding hydrogens is 255 g/mol. The molecule has 1 aromatic carbocycles. The van der Waals surface area contributed by atoms with Crippen molar-refractivity contribution in [2.75, 3.05) is 18.4 Å². The average Bonchev–Trinajstić information content (AvgIpc) is 2.93. The summed E-state index contributed by atoms with van der Waals surface area (Å²) in [4.78, 5) is 0. The number of hydrogen-bond acceptors (Lipinski definition) is 3. The number of fused-ring (bicyclic) bond motifs is 1. The molecular formula is C15H19FN4. The number of rotatable bonds is 4. The third-order valence-corrected chi connectivity index (χ3v) is 3.80. The van der Waals surface area contributed by atoms with E-state index in [4.69, 9.17) is 0 Å². The largest absolute Gasteiger partial charge is 0.370 e. The Balaban J connectivity index is 1.54. The predicted molar refractivity (Wildman–Crippen MR) is 77.0 cm³/mol. The van der Waals surface area contributed by atoms with Crippen LogP contribution < -0.4 is 10.6 Å². The number of nitrogens with one attached hydrogen (secondary N) is 2. The zero-order valence-corrected chi connectivity index (χ0v) is 11.5. The Bertz CT molecular complexity index is 564. The summed E-state index contributed by atoms with van der Waals surface area (Å²) < 4.78 is 14.9. The van der Waals surface area contributed by atoms with Crippen molar-refractivity contribution < 1.29 is 4.39 Å². The molecule has 2 aromatic rings. The minimum Gasteiger partial charge on any atom is -0.370 e. The lowest BCUT2D eigenvalue weighted by molar-refractivity contribution is 0.376. The molecule has 2 N–H and O–H groups in total. The van der Waals surface area contributed by atoms with Gasteiger partial charge in [0.15, 0.2) is 0 Å². The molecule has 4 nitrogen and oxygen atoms in total. The molecule has 0 bridgehead atoms. The topological polar surface area (TPSA) is 41.9 Å². The lowest BCUT2D eigenvalue weighted by atomic mass is 10.1. The van der Waals surface area contributed by atoms with E-state index in [0.717, 1.165) is 31.0 Å². The number of anilines is 1. The summed E-state index contributed by atoms with van der Waals surface area (Å²) in [6.45, 7) is 4.89. The van der Waals surface area contributed by atoms with Crippen LogP contribution in [-0.2, 0) is 6.54 Å². The zero-order chi connectivity index (χ0) is 13.9. The second-order valence-electron chi connectivity index (χ2n) is 5.33. The first-order chi connectivity index (χ1) is 9.72. The van der Waals surface area contributed by atoms with Crippen molar-refractivity contribution >= 4 is 5.82 Å². The van der Waals surface area contributed by atoms with E-state index >= 15 is 0 Å². The molecule has 0 amide bonds. The molecule has 0 aliphatic carbocycles. The fourth-order valence-electron chi connectivity index (χ4n) is 2.54. The van der Waals surface area contributed by atoms with Gasteiger partial charge in [-0.25, -0.2) is 9.07 Å². The summed E-state index contributed by atoms with van der Waals surface area (Å²) in [6, 6.07) is 8.88. The highest BCUT2D eigenvalue weighted by atomic mass is 19.1. The first kappa shape index (κ1) is 13.1. The molecule has 0 spiro atoms. The summed E-state index contributed by atoms with van der Waals surface area (Å²) in [5.41, 5.74) is 1.11. The summed E-state index contributed by atoms with van der Waals surface area (Å²) in [5, 5.41) is 11.2. The molecule has 0 saturated carbocycles. The zero-order valence-electron chi connectivity index (χ0n) is 11.5. The number of hydrogen-bond donors (Lipinski definition) is 2. The maximum Gasteiger partial charge on any atom is 0.124 e. The maximum atomic E-state index is 12.9. The summed E-state index contributed by atoms with van der Waals surface area (Å²) in [6.07, 6.45) is 1.82. The fraction of sp³-hybridized carbons (Fsp3) is 0.400. The van der Waals surface area contributed by atoms with Gasteiger partial charge in [0.2, 0.25) is 0 Å². The molecule has 1 aromatic heterocycles. The molecule has 2 heterocycles. The van der Waals surface area contributed by atoms with Crippen LogP contribution in [0.25, 0.3) is 0 Å². The van der Waals surface area contributed by atoms with Crippen LogP contribution in [0, 0.1) is 11.7 Å². The Labute approximate surface area is 118 Å². The van der Waals surface area contributed by atoms with Gasteiger partial charge in [0.1, 0.15) is 11.6 Å². The summed E-state index contributed by atoms with van der Waals surface area (Å²) in [5.74, 6) is 1.40. The normalized spacial score (nSPS) is 19.2. The van der Waals surface area contributed by atoms with E-state index in [9.17, 15) is 4.39 Å². The van der Waals surface area contributed by atoms with E-state index in [1.807, 2.05) is 29.1 Å². The van der Waals surface area contributed by atoms with E-state index in [0.29, 0.717) is 5.92 Å². The van der Waals surface area contributed by atoms with E-state index in [1.54, 1.807) is 0 Å². The number of aromatic nitrogens is 2. The smallest absolute Gasteiger partial charge is 0.124 e. The van der Waals surface area contributed by atoms with Crippen LogP contribution in [0.4, 0.5) is 10.2 Å². The monoisotopic (exact) mass is 274 g/mol. The van der Waals surface area contributed by atoms with Gasteiger partial charge in [-0.2, -0.15) is 5.10 Å². The lowest BCUT2D eigenvalue weighted by Crippen LogP contribution is -2.36. The highest BCUT2D eigenvalue weighted by Gasteiger charge is 2.18. The molecule has 0 saturated heterocycles. The third-order valence-electron chi connectivity index (χ3n) is 3.80. The van der Waals surface area contributed by atoms with Crippen LogP contribution in [0.5, 0.6) is 0 Å². The Morgan fingerprint density at radius 1 is 1.40 bits per heavy atom. The van der Waals surface area contributed by atoms with Crippen LogP contribution >= 0.6 is 0 Å². The Hall–Kier alpha value is -1.88. The van der Waals surface area contributed by atoms with E-state index in [-0.39, 0.29) is 11.9 Å². The van der Waals surface area contributed by atoms with Gasteiger partial charge in [-0.3, -0.25) is 0 Å². The average molecular weight is 274 g/mol. The Morgan fingerprint density at radius 3 is 3.00 bits per heavy atom. The Morgan fingerprint density at radius 2 is 2.20 bits per heavy atom. The van der Waals surface area contributed by atoms with Gasteiger partial charge >= 0.3 is 0 Å². The number of halogens is 1. The van der Waals surface area contributed by atoms with Crippen molar-refractivity contribution in [2.24, 2.45) is 5.92 Å². The highest BCUT2D eigenvalue weighted by Crippen LogP contribution is 2.17. The maximum absolute atomic E-state index is 12.9. The first-order valence-corrected chi connectivity index (χ1v) is 6.97. The van der Waals surface area contributed by atoms with Crippen LogP contribution in [-0.4, -0.2) is 22.9 Å². The van der Waals surface area contributed by atoms with Gasteiger partial charge in [-0.15, -0.1) is 0 Å². The molecule has 5 heteroatoms. The van der Waals surface area contributed by atoms with Crippen molar-refractivity contribution in [3.05, 3.63) is 47.9 Å². The quantitative estimate of drug-likeness (QED) is 0.899. The lowest BCUT2D eigenvalue weighted by Gasteiger charge is -2.26. The Kier molecular flexibility index (Phi) is 3.69. The van der Waals surface area contributed by atoms with Crippen LogP contribution in [0.1, 0.15) is 18.5 Å². The van der Waals surface area contributed by atoms with Gasteiger partial charge in [-0.05, 0) is 24.6 Å². The van der Waals surface area contributed by atoms with Crippen molar-refractivity contribution in [1.82, 2.24) is 15.1 Å². The fourth-order valence-corrected chi connectivity index (χ4v) is 2.54. The van der Waals surface area contributed by atoms with Gasteiger partial charge < -0.3 is 10.6 Å². The van der Waals surface area contributed by atoms with Crippen molar-refractivity contribution in [2.45, 2.75) is 19.5 Å². The molecule has 1 aliphatic rings. The van der Waals surface area contributed by atoms with Crippen LogP contribution in [0.15, 0.2) is 36.5 Å². The van der Waals surface area contributed by atoms with Gasteiger partial charge in [0, 0.05) is 37.7 Å². The second-order valence-corrected chi connectivity index (χ2v) is 5.33. The summed E-state index contributed by atoms with van der Waals surface area (Å²) in [7, 11) is 0. The molecule has 3 rings (SSSR count). The molecule has 0 unspecified atom stereocenters. The standard InChI is InChI=1S/C15H19FN4/c1-11(13-2-4-14(16)5-3-13)17-8-12-9-18-15-6-7-19-20(15)10-12/h2-7,11-12,17-18H,8-10H2,1H3/t11-,12+/m1/s1. The molecule has 2 atom stereocenters. The van der Waals surface area contributed by atoms with Crippen LogP contribution in [0.3, 0.4) is 0 Å². The molecule has 20 heavy (non-hydrogen) atoms. The van der Waals surface area contributed by atoms with Crippen molar-refractivity contribution in [3.63, 3.8) is 0 Å². The number of nitrogens with zero attached hydrogens (tertiary/aromatic N) is 2. The predicted octanol–water partition coefficient (Wildman–Crippen LogP) is 2.41. The molecule has 0 radical (unpaired) electrons. The van der Waals surface area contributed by atoms with Crippen molar-refractivity contribution in [3.8, 4) is 0 Å². The molecule has 106 valence electrons. The molecule has 1 aliphatic heterocycles. The van der Waals surface area contributed by atoms with E-state index < -0.39 is 0 Å². The van der Waals surface area contributed by atoms with E-state index in [1.165, 1.54) is 12.1 Å². The van der Waals surface area contributed by atoms with E-state index in [2.05, 4.69) is 22.7 Å². The minimum atomic E-state index is -0.191. The highest BCUT2D eigenvalue weighted by molar-refractivity contribution is 5.35. The van der Waals surface area contributed by atoms with Gasteiger partial charge in [0.05, 0.1) is 6.20 Å². The first-order valence-electron chi connectivity index (χ1n) is 6.97. The summed E-state index contributed by atoms with van der Waals surface area (Å²) >= 11 is 0. The minimum absolute atomic E-state index is 0.191. The van der Waals surface area contributed by atoms with Gasteiger partial charge in [0.25, 0.3) is 0 Å².